The summed E-state index contributed by atoms with van der Waals surface area (Å²) in [5, 5.41) is 1.81. The van der Waals surface area contributed by atoms with Crippen LogP contribution >= 0.6 is 16.3 Å². The van der Waals surface area contributed by atoms with E-state index in [1.54, 1.807) is 60.7 Å². The van der Waals surface area contributed by atoms with Gasteiger partial charge in [0.1, 0.15) is 0 Å². The zero-order valence-corrected chi connectivity index (χ0v) is 33.7. The molecule has 6 aromatic carbocycles. The van der Waals surface area contributed by atoms with Crippen molar-refractivity contribution < 1.29 is 61.7 Å². The molecule has 0 aliphatic carbocycles. The number of amides is 8. The van der Waals surface area contributed by atoms with E-state index >= 15 is 0 Å². The van der Waals surface area contributed by atoms with E-state index in [9.17, 15) is 43.2 Å². The van der Waals surface area contributed by atoms with Crippen molar-refractivity contribution in [1.82, 2.24) is 20.3 Å². The van der Waals surface area contributed by atoms with Crippen molar-refractivity contribution in [2.75, 3.05) is 0 Å². The molecule has 8 amide bonds. The Hall–Kier alpha value is -7.46. The van der Waals surface area contributed by atoms with Crippen molar-refractivity contribution in [1.29, 1.82) is 0 Å². The minimum atomic E-state index is -4.73. The van der Waals surface area contributed by atoms with Gasteiger partial charge in [-0.15, -0.1) is 10.1 Å². The number of fused-ring (bicyclic) bond motifs is 4. The van der Waals surface area contributed by atoms with Gasteiger partial charge in [-0.25, -0.2) is 9.25 Å². The normalized spacial score (nSPS) is 15.6. The van der Waals surface area contributed by atoms with Gasteiger partial charge < -0.3 is 0 Å². The highest BCUT2D eigenvalue weighted by Gasteiger charge is 2.58. The maximum absolute atomic E-state index is 13.3. The van der Waals surface area contributed by atoms with E-state index in [4.69, 9.17) is 18.5 Å². The zero-order chi connectivity index (χ0) is 43.7. The summed E-state index contributed by atoms with van der Waals surface area (Å²) in [5.74, 6) is -6.71. The Labute approximate surface area is 356 Å². The molecule has 17 nitrogen and oxygen atoms in total. The Morgan fingerprint density at radius 1 is 0.349 bits per heavy atom. The first-order valence-corrected chi connectivity index (χ1v) is 21.5. The van der Waals surface area contributed by atoms with E-state index in [0.717, 1.165) is 0 Å². The first-order valence-electron chi connectivity index (χ1n) is 18.7. The van der Waals surface area contributed by atoms with Crippen molar-refractivity contribution in [3.8, 4) is 11.1 Å². The SMILES string of the molecule is O=C1c2ccccc2C(=O)N1OP(ON1C(=O)c2ccccc2C1=O)c1ccc(-c2ccc([P+](O)(ON3C(=O)c4ccccc4C3=O)ON3C(=O)c4ccccc4C3=O)cc2)cc1. The fourth-order valence-electron chi connectivity index (χ4n) is 7.17. The molecular weight excluding hydrogens is 854 g/mol. The Kier molecular flexibility index (Phi) is 9.55. The van der Waals surface area contributed by atoms with Crippen molar-refractivity contribution in [2.45, 2.75) is 0 Å². The fraction of sp³-hybridized carbons (Fsp3) is 0. The monoisotopic (exact) mass is 879 g/mol. The van der Waals surface area contributed by atoms with Crippen LogP contribution in [0.5, 0.6) is 0 Å². The highest BCUT2D eigenvalue weighted by molar-refractivity contribution is 7.68. The Morgan fingerprint density at radius 2 is 0.603 bits per heavy atom. The molecule has 6 aromatic rings. The minimum absolute atomic E-state index is 0.000453. The van der Waals surface area contributed by atoms with E-state index in [1.807, 2.05) is 0 Å². The largest absolute Gasteiger partial charge is 0.503 e. The third-order valence-corrected chi connectivity index (χ3v) is 13.4. The van der Waals surface area contributed by atoms with E-state index in [1.165, 1.54) is 84.9 Å². The molecule has 4 aliphatic rings. The number of hydroxylamine groups is 8. The molecule has 0 spiro atoms. The number of benzene rings is 6. The summed E-state index contributed by atoms with van der Waals surface area (Å²) in [6.45, 7) is 0. The van der Waals surface area contributed by atoms with Crippen molar-refractivity contribution in [3.63, 3.8) is 0 Å². The summed E-state index contributed by atoms with van der Waals surface area (Å²) in [5.41, 5.74) is 1.44. The van der Waals surface area contributed by atoms with E-state index < -0.39 is 63.6 Å². The summed E-state index contributed by atoms with van der Waals surface area (Å²) in [4.78, 5) is 119. The van der Waals surface area contributed by atoms with Gasteiger partial charge in [-0.05, 0) is 93.2 Å². The van der Waals surface area contributed by atoms with Gasteiger partial charge in [-0.1, -0.05) is 82.9 Å². The third-order valence-electron chi connectivity index (χ3n) is 10.3. The second-order valence-electron chi connectivity index (χ2n) is 14.0. The minimum Gasteiger partial charge on any atom is -0.266 e. The van der Waals surface area contributed by atoms with Crippen LogP contribution < -0.4 is 10.6 Å². The topological polar surface area (TPSA) is 207 Å². The van der Waals surface area contributed by atoms with Gasteiger partial charge in [0, 0.05) is 5.30 Å². The number of rotatable bonds is 11. The lowest BCUT2D eigenvalue weighted by Crippen LogP contribution is -2.38. The first-order chi connectivity index (χ1) is 30.4. The molecule has 19 heteroatoms. The van der Waals surface area contributed by atoms with Crippen molar-refractivity contribution in [3.05, 3.63) is 190 Å². The van der Waals surface area contributed by atoms with Crippen molar-refractivity contribution in [2.24, 2.45) is 0 Å². The number of carbonyl (C=O) groups excluding carboxylic acids is 8. The molecule has 1 N–H and O–H groups in total. The summed E-state index contributed by atoms with van der Waals surface area (Å²) in [6.07, 6.45) is 0. The highest BCUT2D eigenvalue weighted by atomic mass is 31.2. The lowest BCUT2D eigenvalue weighted by molar-refractivity contribution is -0.0657. The number of imide groups is 4. The van der Waals surface area contributed by atoms with E-state index in [2.05, 4.69) is 0 Å². The average molecular weight is 880 g/mol. The van der Waals surface area contributed by atoms with Crippen LogP contribution in [0.4, 0.5) is 0 Å². The second kappa shape index (κ2) is 15.2. The quantitative estimate of drug-likeness (QED) is 0.125. The van der Waals surface area contributed by atoms with Crippen LogP contribution in [0.2, 0.25) is 0 Å². The summed E-state index contributed by atoms with van der Waals surface area (Å²) >= 11 is 0. The number of nitrogens with zero attached hydrogens (tertiary/aromatic N) is 4. The predicted molar refractivity (Wildman–Crippen MR) is 219 cm³/mol. The maximum atomic E-state index is 13.3. The molecule has 0 unspecified atom stereocenters. The van der Waals surface area contributed by atoms with Crippen LogP contribution in [0.1, 0.15) is 82.9 Å². The summed E-state index contributed by atoms with van der Waals surface area (Å²) < 4.78 is 23.3. The van der Waals surface area contributed by atoms with Crippen LogP contribution in [0, 0.1) is 0 Å². The van der Waals surface area contributed by atoms with Crippen LogP contribution in [0.3, 0.4) is 0 Å². The van der Waals surface area contributed by atoms with Gasteiger partial charge in [0.25, 0.3) is 55.6 Å². The number of hydrogen-bond donors (Lipinski definition) is 1. The Balaban J connectivity index is 0.947. The standard InChI is InChI=1S/C44H25N4O13P2/c49-37-29-9-1-2-10-30(29)38(50)45(37)58-62(59-46-39(51)31-11-3-4-12-32(31)40(46)52)27-21-17-25(18-22-27)26-19-23-28(24-20-26)63(57,60-47-41(53)33-13-5-6-14-34(33)42(47)54)61-48-43(55)35-15-7-8-16-36(35)44(48)56/h1-24,57H/q+1. The first kappa shape index (κ1) is 39.7. The second-order valence-corrected chi connectivity index (χ2v) is 17.2. The van der Waals surface area contributed by atoms with Crippen molar-refractivity contribution >= 4 is 74.2 Å². The third kappa shape index (κ3) is 6.47. The van der Waals surface area contributed by atoms with E-state index in [0.29, 0.717) is 31.4 Å². The van der Waals surface area contributed by atoms with Crippen LogP contribution in [-0.4, -0.2) is 72.4 Å². The molecule has 0 fully saturated rings. The average Bonchev–Trinajstić information content (AvgIpc) is 3.90. The smallest absolute Gasteiger partial charge is 0.266 e. The van der Waals surface area contributed by atoms with Gasteiger partial charge in [0.05, 0.1) is 44.5 Å². The van der Waals surface area contributed by atoms with Gasteiger partial charge in [0.2, 0.25) is 0 Å². The molecule has 4 aliphatic heterocycles. The molecule has 308 valence electrons. The molecule has 0 aromatic heterocycles. The number of hydrogen-bond acceptors (Lipinski definition) is 13. The molecule has 0 bridgehead atoms. The Bertz CT molecular complexity index is 2740. The molecule has 0 radical (unpaired) electrons. The van der Waals surface area contributed by atoms with E-state index in [-0.39, 0.29) is 55.1 Å². The van der Waals surface area contributed by atoms with Gasteiger partial charge in [-0.2, -0.15) is 4.89 Å². The molecule has 4 heterocycles. The van der Waals surface area contributed by atoms with Crippen LogP contribution in [0.15, 0.2) is 146 Å². The zero-order valence-electron chi connectivity index (χ0n) is 31.9. The Morgan fingerprint density at radius 3 is 0.889 bits per heavy atom. The van der Waals surface area contributed by atoms with Crippen LogP contribution in [-0.2, 0) is 18.5 Å². The molecule has 63 heavy (non-hydrogen) atoms. The van der Waals surface area contributed by atoms with Gasteiger partial charge in [0.15, 0.2) is 5.30 Å². The molecule has 0 saturated heterocycles. The van der Waals surface area contributed by atoms with Gasteiger partial charge >= 0.3 is 7.94 Å². The molecular formula is C44H25N4O13P2+. The summed E-state index contributed by atoms with van der Waals surface area (Å²) in [7, 11) is -7.30. The predicted octanol–water partition coefficient (Wildman–Crippen LogP) is 5.58. The molecule has 0 saturated carbocycles. The lowest BCUT2D eigenvalue weighted by Gasteiger charge is -2.24. The van der Waals surface area contributed by atoms with Crippen LogP contribution in [0.25, 0.3) is 11.1 Å². The van der Waals surface area contributed by atoms with Gasteiger partial charge in [-0.3, -0.25) is 38.4 Å². The number of carbonyl (C=O) groups is 8. The summed E-state index contributed by atoms with van der Waals surface area (Å²) in [6, 6.07) is 36.0. The molecule has 10 rings (SSSR count). The molecule has 0 atom stereocenters. The lowest BCUT2D eigenvalue weighted by atomic mass is 10.1. The maximum Gasteiger partial charge on any atom is 0.503 e. The highest BCUT2D eigenvalue weighted by Crippen LogP contribution is 2.59. The fourth-order valence-corrected chi connectivity index (χ4v) is 9.86.